The number of hydrogen-bond donors (Lipinski definition) is 1. The second-order valence-corrected chi connectivity index (χ2v) is 18.9. The highest BCUT2D eigenvalue weighted by Gasteiger charge is 2.46. The summed E-state index contributed by atoms with van der Waals surface area (Å²) in [5.41, 5.74) is -1.24. The van der Waals surface area contributed by atoms with E-state index in [2.05, 4.69) is 15.3 Å². The van der Waals surface area contributed by atoms with Crippen molar-refractivity contribution in [2.24, 2.45) is 5.92 Å². The summed E-state index contributed by atoms with van der Waals surface area (Å²) >= 11 is 0.780. The molecule has 60 heavy (non-hydrogen) atoms. The smallest absolute Gasteiger partial charge is 0.412 e. The number of piperidine rings is 1. The number of likely N-dealkylation sites (tertiary alicyclic amines) is 2. The topological polar surface area (TPSA) is 155 Å². The average molecular weight is 855 g/mol. The van der Waals surface area contributed by atoms with E-state index in [9.17, 15) is 14.9 Å². The Hall–Kier alpha value is -5.06. The van der Waals surface area contributed by atoms with Crippen LogP contribution in [0.2, 0.25) is 0 Å². The number of hydrogen-bond acceptors (Lipinski definition) is 13. The van der Waals surface area contributed by atoms with Crippen molar-refractivity contribution >= 4 is 55.3 Å². The molecule has 2 bridgehead atoms. The van der Waals surface area contributed by atoms with Gasteiger partial charge in [0, 0.05) is 55.6 Å². The maximum absolute atomic E-state index is 17.8. The van der Waals surface area contributed by atoms with Gasteiger partial charge in [0.15, 0.2) is 11.6 Å². The Kier molecular flexibility index (Phi) is 10.5. The van der Waals surface area contributed by atoms with Gasteiger partial charge in [-0.15, -0.1) is 11.3 Å². The van der Waals surface area contributed by atoms with Gasteiger partial charge in [0.2, 0.25) is 0 Å². The van der Waals surface area contributed by atoms with Crippen LogP contribution >= 0.6 is 11.3 Å². The highest BCUT2D eigenvalue weighted by Crippen LogP contribution is 2.49. The number of benzene rings is 1. The molecule has 8 rings (SSSR count). The van der Waals surface area contributed by atoms with Gasteiger partial charge in [0.25, 0.3) is 5.92 Å². The molecule has 0 saturated carbocycles. The van der Waals surface area contributed by atoms with Crippen molar-refractivity contribution in [2.75, 3.05) is 50.1 Å². The molecule has 3 atom stereocenters. The lowest BCUT2D eigenvalue weighted by Gasteiger charge is -2.42. The van der Waals surface area contributed by atoms with E-state index in [1.165, 1.54) is 0 Å². The van der Waals surface area contributed by atoms with Gasteiger partial charge in [-0.05, 0) is 72.6 Å². The number of aromatic nitrogens is 3. The minimum absolute atomic E-state index is 0.00798. The average Bonchev–Trinajstić information content (AvgIpc) is 3.85. The zero-order valence-corrected chi connectivity index (χ0v) is 35.2. The van der Waals surface area contributed by atoms with Crippen LogP contribution < -0.4 is 15.0 Å². The number of carbonyl (C=O) groups is 2. The monoisotopic (exact) mass is 854 g/mol. The Bertz CT molecular complexity index is 2430. The van der Waals surface area contributed by atoms with Crippen molar-refractivity contribution < 1.29 is 46.1 Å². The quantitative estimate of drug-likeness (QED) is 0.187. The summed E-state index contributed by atoms with van der Waals surface area (Å²) in [4.78, 5) is 45.2. The molecule has 4 aromatic rings. The predicted octanol–water partition coefficient (Wildman–Crippen LogP) is 7.99. The first-order chi connectivity index (χ1) is 28.2. The fourth-order valence-corrected chi connectivity index (χ4v) is 9.60. The fraction of sp³-hybridized carbons (Fsp3) is 0.561. The lowest BCUT2D eigenvalue weighted by molar-refractivity contribution is -0.113. The van der Waals surface area contributed by atoms with Crippen LogP contribution in [0.4, 0.5) is 38.0 Å². The molecule has 0 aliphatic carbocycles. The fourth-order valence-electron chi connectivity index (χ4n) is 8.56. The van der Waals surface area contributed by atoms with Gasteiger partial charge < -0.3 is 33.6 Å². The molecule has 19 heteroatoms. The molecule has 0 spiro atoms. The number of amides is 2. The molecule has 1 aromatic carbocycles. The Morgan fingerprint density at radius 1 is 1.02 bits per heavy atom. The zero-order valence-electron chi connectivity index (χ0n) is 34.4. The van der Waals surface area contributed by atoms with Crippen molar-refractivity contribution in [3.63, 3.8) is 0 Å². The maximum Gasteiger partial charge on any atom is 0.412 e. The number of halogens is 4. The van der Waals surface area contributed by atoms with E-state index in [1.54, 1.807) is 58.4 Å². The van der Waals surface area contributed by atoms with Crippen LogP contribution in [-0.4, -0.2) is 106 Å². The molecule has 7 heterocycles. The summed E-state index contributed by atoms with van der Waals surface area (Å²) in [7, 11) is 1.75. The first kappa shape index (κ1) is 41.7. The van der Waals surface area contributed by atoms with Gasteiger partial charge in [0.05, 0.1) is 46.7 Å². The summed E-state index contributed by atoms with van der Waals surface area (Å²) in [5.74, 6) is -5.60. The number of ether oxygens (including phenoxy) is 4. The van der Waals surface area contributed by atoms with Crippen LogP contribution in [0.1, 0.15) is 77.5 Å². The van der Waals surface area contributed by atoms with Gasteiger partial charge in [0.1, 0.15) is 40.2 Å². The molecule has 2 amide bonds. The highest BCUT2D eigenvalue weighted by molar-refractivity contribution is 7.23. The third-order valence-corrected chi connectivity index (χ3v) is 12.3. The standard InChI is InChI=1S/C41H46F4N8O6S/c1-39(2,3)58-37(54)50-35-23(12-46)28-31(47-13-26(42)33(28)60-35)27-24-18-56-19-25(24)29-32(30(27)43)48-36(57-17-20-14-51(7)11-10-41(20,44)45)49-34(29)53-21-8-9-22(53)16-52(15-21)38(55)59-40(4,5)6/h13,20-22H,8-11,14-19H2,1-7H3,(H,50,54). The van der Waals surface area contributed by atoms with E-state index in [4.69, 9.17) is 23.9 Å². The van der Waals surface area contributed by atoms with E-state index in [0.29, 0.717) is 48.3 Å². The van der Waals surface area contributed by atoms with Crippen LogP contribution in [-0.2, 0) is 27.4 Å². The number of nitrogens with zero attached hydrogens (tertiary/aromatic N) is 7. The largest absolute Gasteiger partial charge is 0.463 e. The first-order valence-electron chi connectivity index (χ1n) is 19.8. The Morgan fingerprint density at radius 3 is 2.37 bits per heavy atom. The third kappa shape index (κ3) is 7.73. The number of nitriles is 1. The van der Waals surface area contributed by atoms with Gasteiger partial charge >= 0.3 is 18.2 Å². The van der Waals surface area contributed by atoms with Crippen LogP contribution in [0.3, 0.4) is 0 Å². The third-order valence-electron chi connectivity index (χ3n) is 11.1. The summed E-state index contributed by atoms with van der Waals surface area (Å²) < 4.78 is 86.6. The first-order valence-corrected chi connectivity index (χ1v) is 20.6. The molecule has 3 fully saturated rings. The maximum atomic E-state index is 17.8. The molecule has 0 radical (unpaired) electrons. The molecule has 14 nitrogen and oxygen atoms in total. The second kappa shape index (κ2) is 15.1. The van der Waals surface area contributed by atoms with Gasteiger partial charge in [-0.25, -0.2) is 27.2 Å². The molecule has 3 saturated heterocycles. The molecule has 3 unspecified atom stereocenters. The number of pyridine rings is 1. The van der Waals surface area contributed by atoms with Crippen LogP contribution in [0.25, 0.3) is 32.2 Å². The van der Waals surface area contributed by atoms with Crippen molar-refractivity contribution in [3.05, 3.63) is 34.5 Å². The summed E-state index contributed by atoms with van der Waals surface area (Å²) in [5, 5.41) is 13.2. The summed E-state index contributed by atoms with van der Waals surface area (Å²) in [6, 6.07) is 1.18. The highest BCUT2D eigenvalue weighted by atomic mass is 32.1. The number of alkyl halides is 2. The number of anilines is 2. The molecule has 320 valence electrons. The SMILES string of the molecule is CN1CCC(F)(F)C(COc2nc(N3C4CCC3CN(C(=O)OC(C)(C)C)C4)c3c4c(c(-c5ncc(F)c6sc(NC(=O)OC(C)(C)C)c(C#N)c56)c(F)c3n2)COC4)C1. The van der Waals surface area contributed by atoms with Crippen molar-refractivity contribution in [1.82, 2.24) is 24.8 Å². The molecular formula is C41H46F4N8O6S. The number of carbonyl (C=O) groups excluding carboxylic acids is 2. The molecular weight excluding hydrogens is 809 g/mol. The second-order valence-electron chi connectivity index (χ2n) is 17.9. The number of fused-ring (bicyclic) bond motifs is 6. The Labute approximate surface area is 347 Å². The minimum atomic E-state index is -3.02. The van der Waals surface area contributed by atoms with Crippen molar-refractivity contribution in [2.45, 2.75) is 103 Å². The number of rotatable bonds is 6. The Morgan fingerprint density at radius 2 is 1.70 bits per heavy atom. The van der Waals surface area contributed by atoms with E-state index in [1.807, 2.05) is 11.0 Å². The van der Waals surface area contributed by atoms with Crippen molar-refractivity contribution in [3.8, 4) is 23.3 Å². The number of nitrogens with one attached hydrogen (secondary N) is 1. The summed E-state index contributed by atoms with van der Waals surface area (Å²) in [6.45, 7) is 10.7. The lowest BCUT2D eigenvalue weighted by Crippen LogP contribution is -2.56. The summed E-state index contributed by atoms with van der Waals surface area (Å²) in [6.07, 6.45) is 0.601. The normalized spacial score (nSPS) is 21.6. The minimum Gasteiger partial charge on any atom is -0.463 e. The predicted molar refractivity (Wildman–Crippen MR) is 214 cm³/mol. The van der Waals surface area contributed by atoms with Crippen LogP contribution in [0.15, 0.2) is 6.20 Å². The van der Waals surface area contributed by atoms with Crippen LogP contribution in [0.5, 0.6) is 6.01 Å². The number of thiophene rings is 1. The Balaban J connectivity index is 1.29. The molecule has 3 aromatic heterocycles. The van der Waals surface area contributed by atoms with E-state index in [-0.39, 0.29) is 88.2 Å². The molecule has 4 aliphatic rings. The van der Waals surface area contributed by atoms with Crippen LogP contribution in [0, 0.1) is 28.9 Å². The van der Waals surface area contributed by atoms with Crippen molar-refractivity contribution in [1.29, 1.82) is 5.26 Å². The molecule has 4 aliphatic heterocycles. The van der Waals surface area contributed by atoms with Gasteiger partial charge in [-0.3, -0.25) is 10.3 Å². The number of piperazine rings is 1. The van der Waals surface area contributed by atoms with E-state index in [0.717, 1.165) is 17.5 Å². The lowest BCUT2D eigenvalue weighted by atomic mass is 9.93. The van der Waals surface area contributed by atoms with Gasteiger partial charge in [-0.1, -0.05) is 0 Å². The molecule has 1 N–H and O–H groups in total. The van der Waals surface area contributed by atoms with Gasteiger partial charge in [-0.2, -0.15) is 15.2 Å². The zero-order chi connectivity index (χ0) is 43.1. The van der Waals surface area contributed by atoms with E-state index < -0.39 is 53.5 Å². The van der Waals surface area contributed by atoms with E-state index >= 15 is 17.6 Å².